The molecular weight excluding hydrogens is 435 g/mol. The Hall–Kier alpha value is -1.61. The van der Waals surface area contributed by atoms with E-state index in [1.165, 1.54) is 11.1 Å². The first-order chi connectivity index (χ1) is 11.3. The largest absolute Gasteiger partial charge is 0.354 e. The van der Waals surface area contributed by atoms with Crippen LogP contribution >= 0.6 is 35.3 Å². The van der Waals surface area contributed by atoms with Gasteiger partial charge in [-0.25, -0.2) is 0 Å². The second-order valence-electron chi connectivity index (χ2n) is 5.00. The third kappa shape index (κ3) is 7.78. The zero-order valence-corrected chi connectivity index (χ0v) is 16.8. The Labute approximate surface area is 164 Å². The molecule has 0 saturated heterocycles. The number of rotatable bonds is 7. The standard InChI is InChI=1S/C17H22N4OS.HI/c1-18-17(20-11-15-8-10-23-13-15)21-12-16(22)19-9-7-14-5-3-2-4-6-14;/h2-6,8,10,13H,7,9,11-12H2,1H3,(H,19,22)(H2,18,20,21);1H. The lowest BCUT2D eigenvalue weighted by Gasteiger charge is -2.11. The fraction of sp³-hybridized carbons (Fsp3) is 0.294. The summed E-state index contributed by atoms with van der Waals surface area (Å²) in [5, 5.41) is 13.2. The van der Waals surface area contributed by atoms with Crippen molar-refractivity contribution in [2.75, 3.05) is 20.1 Å². The highest BCUT2D eigenvalue weighted by Gasteiger charge is 2.03. The predicted molar refractivity (Wildman–Crippen MR) is 111 cm³/mol. The van der Waals surface area contributed by atoms with Gasteiger partial charge in [-0.05, 0) is 34.4 Å². The van der Waals surface area contributed by atoms with Crippen LogP contribution < -0.4 is 16.0 Å². The molecular formula is C17H23IN4OS. The number of nitrogens with zero attached hydrogens (tertiary/aromatic N) is 1. The number of benzene rings is 1. The first-order valence-electron chi connectivity index (χ1n) is 7.54. The highest BCUT2D eigenvalue weighted by Crippen LogP contribution is 2.04. The van der Waals surface area contributed by atoms with Crippen molar-refractivity contribution < 1.29 is 4.79 Å². The number of aliphatic imine (C=N–C) groups is 1. The summed E-state index contributed by atoms with van der Waals surface area (Å²) in [7, 11) is 1.69. The molecule has 1 amide bonds. The lowest BCUT2D eigenvalue weighted by atomic mass is 10.1. The maximum Gasteiger partial charge on any atom is 0.239 e. The zero-order chi connectivity index (χ0) is 16.3. The quantitative estimate of drug-likeness (QED) is 0.339. The van der Waals surface area contributed by atoms with Gasteiger partial charge in [-0.1, -0.05) is 30.3 Å². The second-order valence-corrected chi connectivity index (χ2v) is 5.78. The Bertz CT molecular complexity index is 617. The van der Waals surface area contributed by atoms with Crippen LogP contribution in [0.1, 0.15) is 11.1 Å². The van der Waals surface area contributed by atoms with E-state index in [1.54, 1.807) is 18.4 Å². The van der Waals surface area contributed by atoms with Crippen LogP contribution in [0.2, 0.25) is 0 Å². The molecule has 2 rings (SSSR count). The van der Waals surface area contributed by atoms with Gasteiger partial charge in [0.2, 0.25) is 5.91 Å². The highest BCUT2D eigenvalue weighted by molar-refractivity contribution is 14.0. The number of hydrogen-bond donors (Lipinski definition) is 3. The Balaban J connectivity index is 0.00000288. The minimum atomic E-state index is -0.0422. The highest BCUT2D eigenvalue weighted by atomic mass is 127. The molecule has 7 heteroatoms. The number of nitrogens with one attached hydrogen (secondary N) is 3. The van der Waals surface area contributed by atoms with E-state index in [1.807, 2.05) is 23.6 Å². The molecule has 1 aromatic carbocycles. The van der Waals surface area contributed by atoms with Crippen LogP contribution in [0.4, 0.5) is 0 Å². The van der Waals surface area contributed by atoms with Gasteiger partial charge in [0.25, 0.3) is 0 Å². The topological polar surface area (TPSA) is 65.5 Å². The molecule has 2 aromatic rings. The van der Waals surface area contributed by atoms with Crippen molar-refractivity contribution in [3.8, 4) is 0 Å². The first kappa shape index (κ1) is 20.4. The number of carbonyl (C=O) groups excluding carboxylic acids is 1. The summed E-state index contributed by atoms with van der Waals surface area (Å²) in [5.41, 5.74) is 2.42. The van der Waals surface area contributed by atoms with E-state index in [2.05, 4.69) is 44.5 Å². The number of hydrogen-bond acceptors (Lipinski definition) is 3. The smallest absolute Gasteiger partial charge is 0.239 e. The van der Waals surface area contributed by atoms with Crippen LogP contribution in [0.3, 0.4) is 0 Å². The summed E-state index contributed by atoms with van der Waals surface area (Å²) in [6.45, 7) is 1.53. The summed E-state index contributed by atoms with van der Waals surface area (Å²) >= 11 is 1.66. The van der Waals surface area contributed by atoms with E-state index in [0.29, 0.717) is 19.0 Å². The van der Waals surface area contributed by atoms with Crippen LogP contribution in [0.15, 0.2) is 52.2 Å². The number of guanidine groups is 1. The van der Waals surface area contributed by atoms with Crippen molar-refractivity contribution in [3.05, 3.63) is 58.3 Å². The molecule has 5 nitrogen and oxygen atoms in total. The lowest BCUT2D eigenvalue weighted by Crippen LogP contribution is -2.43. The summed E-state index contributed by atoms with van der Waals surface area (Å²) < 4.78 is 0. The average Bonchev–Trinajstić information content (AvgIpc) is 3.09. The van der Waals surface area contributed by atoms with Gasteiger partial charge in [-0.3, -0.25) is 9.79 Å². The molecule has 0 fully saturated rings. The zero-order valence-electron chi connectivity index (χ0n) is 13.6. The molecule has 0 bridgehead atoms. The van der Waals surface area contributed by atoms with Crippen LogP contribution in [0.25, 0.3) is 0 Å². The van der Waals surface area contributed by atoms with E-state index >= 15 is 0 Å². The molecule has 0 saturated carbocycles. The fourth-order valence-corrected chi connectivity index (χ4v) is 2.69. The number of halogens is 1. The Morgan fingerprint density at radius 3 is 2.54 bits per heavy atom. The van der Waals surface area contributed by atoms with Crippen LogP contribution in [-0.4, -0.2) is 32.0 Å². The molecule has 1 aromatic heterocycles. The third-order valence-electron chi connectivity index (χ3n) is 3.26. The normalized spacial score (nSPS) is 10.6. The predicted octanol–water partition coefficient (Wildman–Crippen LogP) is 2.39. The summed E-state index contributed by atoms with van der Waals surface area (Å²) in [6, 6.07) is 12.2. The van der Waals surface area contributed by atoms with Crippen molar-refractivity contribution in [1.29, 1.82) is 0 Å². The van der Waals surface area contributed by atoms with Crippen molar-refractivity contribution in [3.63, 3.8) is 0 Å². The monoisotopic (exact) mass is 458 g/mol. The molecule has 24 heavy (non-hydrogen) atoms. The van der Waals surface area contributed by atoms with E-state index in [-0.39, 0.29) is 36.4 Å². The average molecular weight is 458 g/mol. The molecule has 1 heterocycles. The molecule has 0 aliphatic rings. The van der Waals surface area contributed by atoms with E-state index in [4.69, 9.17) is 0 Å². The molecule has 0 aliphatic heterocycles. The van der Waals surface area contributed by atoms with Gasteiger partial charge < -0.3 is 16.0 Å². The Morgan fingerprint density at radius 1 is 1.08 bits per heavy atom. The minimum absolute atomic E-state index is 0. The second kappa shape index (κ2) is 11.9. The van der Waals surface area contributed by atoms with Gasteiger partial charge in [0.15, 0.2) is 5.96 Å². The van der Waals surface area contributed by atoms with Crippen molar-refractivity contribution >= 4 is 47.2 Å². The van der Waals surface area contributed by atoms with Gasteiger partial charge in [0, 0.05) is 20.1 Å². The molecule has 0 aliphatic carbocycles. The van der Waals surface area contributed by atoms with E-state index in [0.717, 1.165) is 6.42 Å². The molecule has 0 atom stereocenters. The van der Waals surface area contributed by atoms with Gasteiger partial charge >= 0.3 is 0 Å². The number of carbonyl (C=O) groups is 1. The first-order valence-corrected chi connectivity index (χ1v) is 8.48. The lowest BCUT2D eigenvalue weighted by molar-refractivity contribution is -0.119. The Kier molecular flexibility index (Phi) is 10.1. The molecule has 0 unspecified atom stereocenters. The number of amides is 1. The van der Waals surface area contributed by atoms with Crippen LogP contribution in [-0.2, 0) is 17.8 Å². The van der Waals surface area contributed by atoms with Crippen LogP contribution in [0, 0.1) is 0 Å². The SMILES string of the molecule is CN=C(NCC(=O)NCCc1ccccc1)NCc1ccsc1.I. The van der Waals surface area contributed by atoms with Gasteiger partial charge in [0.05, 0.1) is 6.54 Å². The Morgan fingerprint density at radius 2 is 1.88 bits per heavy atom. The van der Waals surface area contributed by atoms with Crippen LogP contribution in [0.5, 0.6) is 0 Å². The van der Waals surface area contributed by atoms with E-state index < -0.39 is 0 Å². The molecule has 0 radical (unpaired) electrons. The van der Waals surface area contributed by atoms with Gasteiger partial charge in [-0.15, -0.1) is 24.0 Å². The molecule has 3 N–H and O–H groups in total. The van der Waals surface area contributed by atoms with E-state index in [9.17, 15) is 4.79 Å². The van der Waals surface area contributed by atoms with Crippen molar-refractivity contribution in [1.82, 2.24) is 16.0 Å². The van der Waals surface area contributed by atoms with Gasteiger partial charge in [-0.2, -0.15) is 11.3 Å². The minimum Gasteiger partial charge on any atom is -0.354 e. The number of thiophene rings is 1. The van der Waals surface area contributed by atoms with Gasteiger partial charge in [0.1, 0.15) is 0 Å². The summed E-state index contributed by atoms with van der Waals surface area (Å²) in [6.07, 6.45) is 0.831. The van der Waals surface area contributed by atoms with Crippen molar-refractivity contribution in [2.45, 2.75) is 13.0 Å². The maximum absolute atomic E-state index is 11.8. The van der Waals surface area contributed by atoms with Crippen molar-refractivity contribution in [2.24, 2.45) is 4.99 Å². The third-order valence-corrected chi connectivity index (χ3v) is 3.99. The summed E-state index contributed by atoms with van der Waals surface area (Å²) in [4.78, 5) is 15.9. The fourth-order valence-electron chi connectivity index (χ4n) is 2.02. The summed E-state index contributed by atoms with van der Waals surface area (Å²) in [5.74, 6) is 0.578. The molecule has 130 valence electrons. The maximum atomic E-state index is 11.8. The molecule has 0 spiro atoms.